The molecule has 0 spiro atoms. The number of nitrogens with one attached hydrogen (secondary N) is 1. The highest BCUT2D eigenvalue weighted by Crippen LogP contribution is 2.26. The van der Waals surface area contributed by atoms with Crippen molar-refractivity contribution in [2.75, 3.05) is 25.4 Å². The Morgan fingerprint density at radius 3 is 2.52 bits per heavy atom. The van der Waals surface area contributed by atoms with E-state index in [1.165, 1.54) is 17.3 Å². The molecule has 2 amide bonds. The summed E-state index contributed by atoms with van der Waals surface area (Å²) in [6, 6.07) is 6.29. The highest BCUT2D eigenvalue weighted by Gasteiger charge is 2.25. The lowest BCUT2D eigenvalue weighted by Crippen LogP contribution is -2.43. The predicted octanol–water partition coefficient (Wildman–Crippen LogP) is 4.05. The maximum absolute atomic E-state index is 12.8. The van der Waals surface area contributed by atoms with Crippen molar-refractivity contribution in [3.8, 4) is 5.69 Å². The minimum absolute atomic E-state index is 0.103. The van der Waals surface area contributed by atoms with Crippen LogP contribution in [0.5, 0.6) is 0 Å². The van der Waals surface area contributed by atoms with E-state index in [2.05, 4.69) is 47.6 Å². The lowest BCUT2D eigenvalue weighted by atomic mass is 9.97. The zero-order chi connectivity index (χ0) is 24.2. The molecule has 1 aromatic carbocycles. The molecule has 1 aliphatic heterocycles. The number of aromatic nitrogens is 3. The molecule has 0 unspecified atom stereocenters. The number of thioether (sulfide) groups is 1. The van der Waals surface area contributed by atoms with E-state index >= 15 is 0 Å². The van der Waals surface area contributed by atoms with Crippen molar-refractivity contribution >= 4 is 23.8 Å². The van der Waals surface area contributed by atoms with Crippen LogP contribution in [0.3, 0.4) is 0 Å². The van der Waals surface area contributed by atoms with E-state index in [4.69, 9.17) is 4.74 Å². The molecule has 1 saturated heterocycles. The number of benzene rings is 1. The number of carbonyl (C=O) groups excluding carboxylic acids is 2. The molecule has 1 fully saturated rings. The summed E-state index contributed by atoms with van der Waals surface area (Å²) in [4.78, 5) is 26.6. The van der Waals surface area contributed by atoms with Gasteiger partial charge >= 0.3 is 6.09 Å². The van der Waals surface area contributed by atoms with Crippen molar-refractivity contribution in [2.45, 2.75) is 65.1 Å². The third-order valence-electron chi connectivity index (χ3n) is 5.63. The summed E-state index contributed by atoms with van der Waals surface area (Å²) in [5, 5.41) is 12.1. The van der Waals surface area contributed by atoms with Gasteiger partial charge in [0.05, 0.1) is 11.4 Å². The molecule has 2 aromatic rings. The monoisotopic (exact) mass is 473 g/mol. The molecule has 3 rings (SSSR count). The largest absolute Gasteiger partial charge is 0.444 e. The Kier molecular flexibility index (Phi) is 8.05. The normalized spacial score (nSPS) is 14.9. The van der Waals surface area contributed by atoms with Gasteiger partial charge in [0.1, 0.15) is 11.4 Å². The zero-order valence-corrected chi connectivity index (χ0v) is 21.3. The van der Waals surface area contributed by atoms with Gasteiger partial charge in [-0.15, -0.1) is 10.2 Å². The van der Waals surface area contributed by atoms with E-state index in [1.54, 1.807) is 0 Å². The summed E-state index contributed by atoms with van der Waals surface area (Å²) in [5.74, 6) is 1.58. The number of amides is 2. The molecule has 0 aliphatic carbocycles. The molecule has 0 saturated carbocycles. The fourth-order valence-electron chi connectivity index (χ4n) is 3.82. The summed E-state index contributed by atoms with van der Waals surface area (Å²) in [6.45, 7) is 13.6. The third-order valence-corrected chi connectivity index (χ3v) is 6.54. The van der Waals surface area contributed by atoms with Gasteiger partial charge in [0.25, 0.3) is 0 Å². The number of hydrogen-bond acceptors (Lipinski definition) is 6. The first kappa shape index (κ1) is 25.1. The van der Waals surface area contributed by atoms with Gasteiger partial charge in [-0.1, -0.05) is 23.9 Å². The van der Waals surface area contributed by atoms with Gasteiger partial charge in [-0.25, -0.2) is 4.79 Å². The SMILES string of the molecule is Cc1ccc(C)c(-n2c(C)nnc2SCC(=O)N2CCC(CNC(=O)OC(C)(C)C)CC2)c1. The maximum Gasteiger partial charge on any atom is 0.407 e. The van der Waals surface area contributed by atoms with Gasteiger partial charge in [-0.05, 0) is 77.5 Å². The maximum atomic E-state index is 12.8. The number of ether oxygens (including phenoxy) is 1. The topological polar surface area (TPSA) is 89.4 Å². The molecule has 0 atom stereocenters. The van der Waals surface area contributed by atoms with E-state index < -0.39 is 5.60 Å². The number of likely N-dealkylation sites (tertiary alicyclic amines) is 1. The number of aryl methyl sites for hydroxylation is 3. The van der Waals surface area contributed by atoms with Crippen LogP contribution in [0.25, 0.3) is 5.69 Å². The molecule has 0 radical (unpaired) electrons. The standard InChI is InChI=1S/C24H35N5O3S/c1-16-7-8-17(2)20(13-16)29-18(3)26-27-22(29)33-15-21(30)28-11-9-19(10-12-28)14-25-23(31)32-24(4,5)6/h7-8,13,19H,9-12,14-15H2,1-6H3,(H,25,31). The van der Waals surface area contributed by atoms with Gasteiger partial charge in [0.2, 0.25) is 5.91 Å². The summed E-state index contributed by atoms with van der Waals surface area (Å²) < 4.78 is 7.31. The average molecular weight is 474 g/mol. The quantitative estimate of drug-likeness (QED) is 0.637. The van der Waals surface area contributed by atoms with E-state index in [9.17, 15) is 9.59 Å². The minimum Gasteiger partial charge on any atom is -0.444 e. The molecular weight excluding hydrogens is 438 g/mol. The highest BCUT2D eigenvalue weighted by atomic mass is 32.2. The van der Waals surface area contributed by atoms with Crippen molar-refractivity contribution in [3.05, 3.63) is 35.2 Å². The van der Waals surface area contributed by atoms with Crippen molar-refractivity contribution in [1.29, 1.82) is 0 Å². The van der Waals surface area contributed by atoms with Gasteiger partial charge in [-0.3, -0.25) is 9.36 Å². The fraction of sp³-hybridized carbons (Fsp3) is 0.583. The Labute approximate surface area is 200 Å². The van der Waals surface area contributed by atoms with Crippen molar-refractivity contribution < 1.29 is 14.3 Å². The average Bonchev–Trinajstić information content (AvgIpc) is 3.11. The first-order chi connectivity index (χ1) is 15.5. The number of alkyl carbamates (subject to hydrolysis) is 1. The number of hydrogen-bond donors (Lipinski definition) is 1. The number of piperidine rings is 1. The van der Waals surface area contributed by atoms with E-state index in [0.717, 1.165) is 35.1 Å². The van der Waals surface area contributed by atoms with Crippen LogP contribution in [-0.4, -0.2) is 62.7 Å². The second-order valence-corrected chi connectivity index (χ2v) is 10.6. The van der Waals surface area contributed by atoms with Gasteiger partial charge in [0.15, 0.2) is 5.16 Å². The Morgan fingerprint density at radius 1 is 1.15 bits per heavy atom. The van der Waals surface area contributed by atoms with Gasteiger partial charge in [0, 0.05) is 19.6 Å². The van der Waals surface area contributed by atoms with Crippen LogP contribution in [0, 0.1) is 26.7 Å². The molecule has 8 nitrogen and oxygen atoms in total. The van der Waals surface area contributed by atoms with Crippen LogP contribution in [-0.2, 0) is 9.53 Å². The van der Waals surface area contributed by atoms with Gasteiger partial charge in [-0.2, -0.15) is 0 Å². The lowest BCUT2D eigenvalue weighted by Gasteiger charge is -2.32. The molecule has 2 heterocycles. The predicted molar refractivity (Wildman–Crippen MR) is 130 cm³/mol. The molecule has 1 aliphatic rings. The van der Waals surface area contributed by atoms with Crippen molar-refractivity contribution in [1.82, 2.24) is 25.0 Å². The van der Waals surface area contributed by atoms with Crippen LogP contribution in [0.4, 0.5) is 4.79 Å². The van der Waals surface area contributed by atoms with E-state index in [0.29, 0.717) is 31.3 Å². The summed E-state index contributed by atoms with van der Waals surface area (Å²) in [5.41, 5.74) is 2.85. The number of rotatable bonds is 6. The van der Waals surface area contributed by atoms with Crippen LogP contribution < -0.4 is 5.32 Å². The molecule has 1 aromatic heterocycles. The third kappa shape index (κ3) is 6.96. The van der Waals surface area contributed by atoms with E-state index in [-0.39, 0.29) is 12.0 Å². The first-order valence-electron chi connectivity index (χ1n) is 11.4. The second-order valence-electron chi connectivity index (χ2n) is 9.65. The van der Waals surface area contributed by atoms with Crippen LogP contribution in [0.15, 0.2) is 23.4 Å². The van der Waals surface area contributed by atoms with Gasteiger partial charge < -0.3 is 15.0 Å². The first-order valence-corrected chi connectivity index (χ1v) is 12.4. The Hall–Kier alpha value is -2.55. The molecular formula is C24H35N5O3S. The number of carbonyl (C=O) groups is 2. The summed E-state index contributed by atoms with van der Waals surface area (Å²) in [7, 11) is 0. The molecule has 0 bridgehead atoms. The smallest absolute Gasteiger partial charge is 0.407 e. The van der Waals surface area contributed by atoms with Crippen LogP contribution in [0.2, 0.25) is 0 Å². The lowest BCUT2D eigenvalue weighted by molar-refractivity contribution is -0.129. The van der Waals surface area contributed by atoms with Crippen molar-refractivity contribution in [2.24, 2.45) is 5.92 Å². The van der Waals surface area contributed by atoms with Crippen molar-refractivity contribution in [3.63, 3.8) is 0 Å². The molecule has 1 N–H and O–H groups in total. The zero-order valence-electron chi connectivity index (χ0n) is 20.5. The number of nitrogens with zero attached hydrogens (tertiary/aromatic N) is 4. The Morgan fingerprint density at radius 2 is 1.85 bits per heavy atom. The Bertz CT molecular complexity index is 990. The fourth-order valence-corrected chi connectivity index (χ4v) is 4.71. The molecule has 180 valence electrons. The summed E-state index contributed by atoms with van der Waals surface area (Å²) in [6.07, 6.45) is 1.34. The second kappa shape index (κ2) is 10.6. The molecule has 33 heavy (non-hydrogen) atoms. The summed E-state index contributed by atoms with van der Waals surface area (Å²) >= 11 is 1.42. The van der Waals surface area contributed by atoms with Crippen LogP contribution >= 0.6 is 11.8 Å². The minimum atomic E-state index is -0.502. The highest BCUT2D eigenvalue weighted by molar-refractivity contribution is 7.99. The van der Waals surface area contributed by atoms with E-state index in [1.807, 2.05) is 37.2 Å². The van der Waals surface area contributed by atoms with Crippen LogP contribution in [0.1, 0.15) is 50.6 Å². The molecule has 9 heteroatoms. The Balaban J connectivity index is 1.50.